The van der Waals surface area contributed by atoms with Gasteiger partial charge in [-0.2, -0.15) is 0 Å². The fourth-order valence-electron chi connectivity index (χ4n) is 3.72. The number of ether oxygens (including phenoxy) is 2. The second-order valence-electron chi connectivity index (χ2n) is 7.24. The Balaban J connectivity index is 1.71. The van der Waals surface area contributed by atoms with Gasteiger partial charge >= 0.3 is 0 Å². The molecule has 0 N–H and O–H groups in total. The van der Waals surface area contributed by atoms with Gasteiger partial charge in [0.25, 0.3) is 0 Å². The van der Waals surface area contributed by atoms with Gasteiger partial charge in [-0.25, -0.2) is 0 Å². The Morgan fingerprint density at radius 1 is 1.17 bits per heavy atom. The van der Waals surface area contributed by atoms with Crippen LogP contribution in [0.3, 0.4) is 0 Å². The fourth-order valence-corrected chi connectivity index (χ4v) is 3.72. The molecular formula is C21H33NO2. The molecule has 0 saturated carbocycles. The summed E-state index contributed by atoms with van der Waals surface area (Å²) in [6, 6.07) is 6.12. The van der Waals surface area contributed by atoms with Crippen LogP contribution in [-0.4, -0.2) is 38.3 Å². The molecule has 1 fully saturated rings. The van der Waals surface area contributed by atoms with Crippen molar-refractivity contribution >= 4 is 0 Å². The molecule has 3 nitrogen and oxygen atoms in total. The molecule has 0 unspecified atom stereocenters. The molecule has 3 heteroatoms. The van der Waals surface area contributed by atoms with Crippen molar-refractivity contribution in [3.05, 3.63) is 36.4 Å². The molecule has 0 aromatic heterocycles. The van der Waals surface area contributed by atoms with Crippen molar-refractivity contribution in [1.82, 2.24) is 4.90 Å². The smallest absolute Gasteiger partial charge is 0.161 e. The van der Waals surface area contributed by atoms with E-state index in [0.717, 1.165) is 42.8 Å². The maximum absolute atomic E-state index is 5.92. The number of methoxy groups -OCH3 is 1. The average Bonchev–Trinajstić information content (AvgIpc) is 2.55. The third-order valence-corrected chi connectivity index (χ3v) is 4.68. The number of allylic oxidation sites excluding steroid dienone is 1. The van der Waals surface area contributed by atoms with Gasteiger partial charge in [-0.05, 0) is 61.8 Å². The predicted molar refractivity (Wildman–Crippen MR) is 101 cm³/mol. The molecule has 1 aromatic rings. The monoisotopic (exact) mass is 331 g/mol. The molecule has 2 atom stereocenters. The van der Waals surface area contributed by atoms with Crippen LogP contribution in [0.5, 0.6) is 11.5 Å². The normalized spacial score (nSPS) is 21.5. The van der Waals surface area contributed by atoms with E-state index in [1.54, 1.807) is 7.11 Å². The Hall–Kier alpha value is -1.48. The number of unbranched alkanes of at least 4 members (excludes halogenated alkanes) is 1. The molecule has 1 saturated heterocycles. The lowest BCUT2D eigenvalue weighted by molar-refractivity contribution is 0.136. The zero-order valence-electron chi connectivity index (χ0n) is 15.6. The summed E-state index contributed by atoms with van der Waals surface area (Å²) < 4.78 is 11.4. The second-order valence-corrected chi connectivity index (χ2v) is 7.24. The second kappa shape index (κ2) is 9.73. The summed E-state index contributed by atoms with van der Waals surface area (Å²) in [5, 5.41) is 0. The Bertz CT molecular complexity index is 505. The van der Waals surface area contributed by atoms with Gasteiger partial charge in [-0.15, -0.1) is 6.58 Å². The quantitative estimate of drug-likeness (QED) is 0.489. The molecule has 1 aliphatic heterocycles. The summed E-state index contributed by atoms with van der Waals surface area (Å²) in [5.41, 5.74) is 1.20. The zero-order valence-corrected chi connectivity index (χ0v) is 15.6. The first kappa shape index (κ1) is 18.9. The fraction of sp³-hybridized carbons (Fsp3) is 0.619. The highest BCUT2D eigenvalue weighted by atomic mass is 16.5. The molecule has 1 aliphatic rings. The number of rotatable bonds is 9. The highest BCUT2D eigenvalue weighted by molar-refractivity contribution is 5.43. The number of likely N-dealkylation sites (tertiary alicyclic amines) is 1. The molecule has 0 bridgehead atoms. The lowest BCUT2D eigenvalue weighted by Gasteiger charge is -2.34. The first-order chi connectivity index (χ1) is 11.6. The van der Waals surface area contributed by atoms with E-state index in [1.165, 1.54) is 38.0 Å². The van der Waals surface area contributed by atoms with Gasteiger partial charge in [0.2, 0.25) is 0 Å². The maximum Gasteiger partial charge on any atom is 0.161 e. The topological polar surface area (TPSA) is 21.7 Å². The van der Waals surface area contributed by atoms with Crippen molar-refractivity contribution in [1.29, 1.82) is 0 Å². The lowest BCUT2D eigenvalue weighted by atomic mass is 9.92. The number of hydrogen-bond acceptors (Lipinski definition) is 3. The Labute approximate surface area is 147 Å². The molecule has 0 aliphatic carbocycles. The van der Waals surface area contributed by atoms with Crippen molar-refractivity contribution < 1.29 is 9.47 Å². The Morgan fingerprint density at radius 2 is 1.92 bits per heavy atom. The number of piperidine rings is 1. The van der Waals surface area contributed by atoms with E-state index in [1.807, 2.05) is 18.2 Å². The average molecular weight is 332 g/mol. The van der Waals surface area contributed by atoms with Gasteiger partial charge in [0.05, 0.1) is 13.7 Å². The van der Waals surface area contributed by atoms with Crippen LogP contribution in [0.4, 0.5) is 0 Å². The Morgan fingerprint density at radius 3 is 2.58 bits per heavy atom. The van der Waals surface area contributed by atoms with Gasteiger partial charge in [-0.1, -0.05) is 26.0 Å². The Kier molecular flexibility index (Phi) is 7.64. The van der Waals surface area contributed by atoms with Crippen molar-refractivity contribution in [3.8, 4) is 11.5 Å². The van der Waals surface area contributed by atoms with Crippen LogP contribution < -0.4 is 9.47 Å². The third kappa shape index (κ3) is 5.86. The molecule has 1 aromatic carbocycles. The van der Waals surface area contributed by atoms with Crippen molar-refractivity contribution in [2.45, 2.75) is 39.5 Å². The third-order valence-electron chi connectivity index (χ3n) is 4.68. The SMILES string of the molecule is C=CCc1ccc(OCCCCN2C[C@H](C)C[C@@H](C)C2)c(OC)c1. The predicted octanol–water partition coefficient (Wildman–Crippen LogP) is 4.56. The van der Waals surface area contributed by atoms with Crippen molar-refractivity contribution in [2.75, 3.05) is 33.4 Å². The molecule has 2 rings (SSSR count). The van der Waals surface area contributed by atoms with E-state index >= 15 is 0 Å². The minimum Gasteiger partial charge on any atom is -0.493 e. The molecular weight excluding hydrogens is 298 g/mol. The molecule has 24 heavy (non-hydrogen) atoms. The van der Waals surface area contributed by atoms with E-state index < -0.39 is 0 Å². The van der Waals surface area contributed by atoms with Crippen molar-refractivity contribution in [3.63, 3.8) is 0 Å². The van der Waals surface area contributed by atoms with Crippen LogP contribution >= 0.6 is 0 Å². The molecule has 0 radical (unpaired) electrons. The minimum atomic E-state index is 0.746. The van der Waals surface area contributed by atoms with Crippen molar-refractivity contribution in [2.24, 2.45) is 11.8 Å². The van der Waals surface area contributed by atoms with Gasteiger partial charge in [0.1, 0.15) is 0 Å². The summed E-state index contributed by atoms with van der Waals surface area (Å²) in [6.45, 7) is 13.0. The van der Waals surface area contributed by atoms with E-state index in [-0.39, 0.29) is 0 Å². The van der Waals surface area contributed by atoms with E-state index in [4.69, 9.17) is 9.47 Å². The minimum absolute atomic E-state index is 0.746. The number of nitrogens with zero attached hydrogens (tertiary/aromatic N) is 1. The first-order valence-electron chi connectivity index (χ1n) is 9.25. The number of benzene rings is 1. The van der Waals surface area contributed by atoms with Crippen LogP contribution in [-0.2, 0) is 6.42 Å². The standard InChI is InChI=1S/C21H33NO2/c1-5-8-19-9-10-20(21(14-19)23-4)24-12-7-6-11-22-15-17(2)13-18(3)16-22/h5,9-10,14,17-18H,1,6-8,11-13,15-16H2,2-4H3/t17-,18-/m1/s1. The molecule has 0 spiro atoms. The maximum atomic E-state index is 5.92. The van der Waals surface area contributed by atoms with Gasteiger partial charge in [-0.3, -0.25) is 0 Å². The van der Waals surface area contributed by atoms with E-state index in [9.17, 15) is 0 Å². The summed E-state index contributed by atoms with van der Waals surface area (Å²) in [5.74, 6) is 3.32. The van der Waals surface area contributed by atoms with Gasteiger partial charge in [0.15, 0.2) is 11.5 Å². The number of hydrogen-bond donors (Lipinski definition) is 0. The summed E-state index contributed by atoms with van der Waals surface area (Å²) in [4.78, 5) is 2.61. The first-order valence-corrected chi connectivity index (χ1v) is 9.25. The summed E-state index contributed by atoms with van der Waals surface area (Å²) in [7, 11) is 1.69. The van der Waals surface area contributed by atoms with Crippen LogP contribution in [0, 0.1) is 11.8 Å². The van der Waals surface area contributed by atoms with Gasteiger partial charge < -0.3 is 14.4 Å². The van der Waals surface area contributed by atoms with E-state index in [0.29, 0.717) is 0 Å². The summed E-state index contributed by atoms with van der Waals surface area (Å²) in [6.07, 6.45) is 6.40. The molecule has 134 valence electrons. The van der Waals surface area contributed by atoms with Gasteiger partial charge in [0, 0.05) is 13.1 Å². The highest BCUT2D eigenvalue weighted by Gasteiger charge is 2.20. The van der Waals surface area contributed by atoms with E-state index in [2.05, 4.69) is 31.4 Å². The van der Waals surface area contributed by atoms with Crippen LogP contribution in [0.15, 0.2) is 30.9 Å². The largest absolute Gasteiger partial charge is 0.493 e. The summed E-state index contributed by atoms with van der Waals surface area (Å²) >= 11 is 0. The molecule has 0 amide bonds. The van der Waals surface area contributed by atoms with Crippen LogP contribution in [0.1, 0.15) is 38.7 Å². The van der Waals surface area contributed by atoms with Crippen LogP contribution in [0.2, 0.25) is 0 Å². The highest BCUT2D eigenvalue weighted by Crippen LogP contribution is 2.28. The zero-order chi connectivity index (χ0) is 17.4. The molecule has 1 heterocycles. The van der Waals surface area contributed by atoms with Crippen LogP contribution in [0.25, 0.3) is 0 Å². The lowest BCUT2D eigenvalue weighted by Crippen LogP contribution is -2.39.